The average molecular weight is 898 g/mol. The minimum Gasteiger partial charge on any atom is -0.505 e. The molecule has 0 aromatic heterocycles. The SMILES string of the molecule is O=C(O)CN(CC(=O)O)c1ccc(F)cc1OCCOC1=CC(=C2c3cc(F)c(O)cc3Oc3cc(O)c(F)cc32)C=CC1=[N+](CC(=O)O)CC(=O)O.[K+].[K+].[K+].[K+]. The second-order valence-electron chi connectivity index (χ2n) is 11.4. The largest absolute Gasteiger partial charge is 1.00 e. The van der Waals surface area contributed by atoms with Crippen LogP contribution in [0, 0.1) is 17.5 Å². The number of fused-ring (bicyclic) bond motifs is 2. The van der Waals surface area contributed by atoms with Gasteiger partial charge in [0.25, 0.3) is 0 Å². The van der Waals surface area contributed by atoms with Crippen molar-refractivity contribution in [2.45, 2.75) is 0 Å². The van der Waals surface area contributed by atoms with E-state index in [0.29, 0.717) is 0 Å². The molecular weight excluding hydrogens is 870 g/mol. The van der Waals surface area contributed by atoms with Crippen molar-refractivity contribution < 1.29 is 287 Å². The zero-order valence-corrected chi connectivity index (χ0v) is 43.6. The molecule has 22 heteroatoms. The normalized spacial score (nSPS) is 12.1. The molecule has 3 aromatic carbocycles. The van der Waals surface area contributed by atoms with Crippen LogP contribution in [0.15, 0.2) is 72.0 Å². The smallest absolute Gasteiger partial charge is 0.505 e. The number of nitrogens with zero attached hydrogens (tertiary/aromatic N) is 2. The molecule has 6 N–H and O–H groups in total. The van der Waals surface area contributed by atoms with Gasteiger partial charge in [-0.05, 0) is 42.0 Å². The van der Waals surface area contributed by atoms with E-state index in [0.717, 1.165) is 51.9 Å². The first-order valence-corrected chi connectivity index (χ1v) is 15.3. The van der Waals surface area contributed by atoms with Crippen molar-refractivity contribution in [1.29, 1.82) is 0 Å². The van der Waals surface area contributed by atoms with Crippen molar-refractivity contribution in [3.05, 3.63) is 101 Å². The van der Waals surface area contributed by atoms with Crippen molar-refractivity contribution in [3.8, 4) is 28.7 Å². The molecule has 0 bridgehead atoms. The Bertz CT molecular complexity index is 2090. The summed E-state index contributed by atoms with van der Waals surface area (Å²) in [5.74, 6) is -10.6. The van der Waals surface area contributed by atoms with E-state index in [1.54, 1.807) is 0 Å². The van der Waals surface area contributed by atoms with E-state index in [9.17, 15) is 63.0 Å². The van der Waals surface area contributed by atoms with Crippen LogP contribution in [0.3, 0.4) is 0 Å². The summed E-state index contributed by atoms with van der Waals surface area (Å²) in [4.78, 5) is 47.2. The molecule has 2 aliphatic rings. The molecule has 0 saturated carbocycles. The van der Waals surface area contributed by atoms with Crippen LogP contribution in [0.1, 0.15) is 11.1 Å². The van der Waals surface area contributed by atoms with Gasteiger partial charge in [0.15, 0.2) is 28.9 Å². The number of carboxylic acids is 4. The zero-order valence-electron chi connectivity index (χ0n) is 31.1. The maximum Gasteiger partial charge on any atom is 1.00 e. The van der Waals surface area contributed by atoms with Gasteiger partial charge in [-0.1, -0.05) is 0 Å². The number of hydrogen-bond donors (Lipinski definition) is 6. The minimum absolute atomic E-state index is 0. The predicted octanol–water partition coefficient (Wildman–Crippen LogP) is -8.41. The van der Waals surface area contributed by atoms with E-state index in [4.69, 9.17) is 14.2 Å². The Balaban J connectivity index is 0.00000406. The average Bonchev–Trinajstić information content (AvgIpc) is 3.06. The number of halogens is 3. The Kier molecular flexibility index (Phi) is 23.8. The fourth-order valence-corrected chi connectivity index (χ4v) is 5.54. The third-order valence-electron chi connectivity index (χ3n) is 7.61. The van der Waals surface area contributed by atoms with Gasteiger partial charge in [0, 0.05) is 41.0 Å². The predicted molar refractivity (Wildman–Crippen MR) is 175 cm³/mol. The van der Waals surface area contributed by atoms with Gasteiger partial charge in [-0.15, -0.1) is 0 Å². The number of allylic oxidation sites excluding steroid dienone is 4. The van der Waals surface area contributed by atoms with Crippen LogP contribution in [0.5, 0.6) is 28.7 Å². The Morgan fingerprint density at radius 3 is 1.68 bits per heavy atom. The van der Waals surface area contributed by atoms with Crippen molar-refractivity contribution in [3.63, 3.8) is 0 Å². The summed E-state index contributed by atoms with van der Waals surface area (Å²) in [5, 5.41) is 57.7. The first-order chi connectivity index (χ1) is 25.1. The number of benzene rings is 3. The van der Waals surface area contributed by atoms with Crippen LogP contribution in [0.4, 0.5) is 18.9 Å². The molecule has 5 rings (SSSR count). The number of anilines is 1. The van der Waals surface area contributed by atoms with Crippen molar-refractivity contribution in [1.82, 2.24) is 0 Å². The summed E-state index contributed by atoms with van der Waals surface area (Å²) >= 11 is 0. The van der Waals surface area contributed by atoms with Crippen molar-refractivity contribution in [2.75, 3.05) is 44.3 Å². The first-order valence-electron chi connectivity index (χ1n) is 15.3. The fraction of sp³-hybridized carbons (Fsp3) is 0.171. The molecule has 3 aromatic rings. The van der Waals surface area contributed by atoms with Crippen LogP contribution < -0.4 is 220 Å². The summed E-state index contributed by atoms with van der Waals surface area (Å²) in [5.41, 5.74) is 0.203. The Hall–Kier alpha value is -0.435. The van der Waals surface area contributed by atoms with Gasteiger partial charge in [-0.3, -0.25) is 9.59 Å². The summed E-state index contributed by atoms with van der Waals surface area (Å²) in [6, 6.07) is 6.76. The number of phenols is 2. The molecule has 1 heterocycles. The zero-order chi connectivity index (χ0) is 38.6. The van der Waals surface area contributed by atoms with Gasteiger partial charge in [-0.25, -0.2) is 27.3 Å². The number of ether oxygens (including phenoxy) is 3. The van der Waals surface area contributed by atoms with Crippen LogP contribution in [-0.4, -0.2) is 104 Å². The Labute approximate surface area is 491 Å². The summed E-state index contributed by atoms with van der Waals surface area (Å²) in [6.07, 6.45) is 4.00. The maximum absolute atomic E-state index is 14.7. The van der Waals surface area contributed by atoms with Crippen LogP contribution in [0.25, 0.3) is 5.57 Å². The summed E-state index contributed by atoms with van der Waals surface area (Å²) in [6.45, 7) is -3.97. The van der Waals surface area contributed by atoms with Gasteiger partial charge in [0.1, 0.15) is 49.4 Å². The third kappa shape index (κ3) is 14.6. The van der Waals surface area contributed by atoms with Gasteiger partial charge in [-0.2, -0.15) is 0 Å². The molecular formula is C35H28F3K4N2O13+5. The fourth-order valence-electron chi connectivity index (χ4n) is 5.54. The molecule has 15 nitrogen and oxygen atoms in total. The second kappa shape index (κ2) is 24.9. The molecule has 0 saturated heterocycles. The number of carbonyl (C=O) groups is 4. The summed E-state index contributed by atoms with van der Waals surface area (Å²) in [7, 11) is 0. The molecule has 0 unspecified atom stereocenters. The number of aliphatic carboxylic acids is 4. The minimum atomic E-state index is -1.40. The Morgan fingerprint density at radius 1 is 0.684 bits per heavy atom. The number of carboxylic acid groups (broad SMARTS) is 4. The topological polar surface area (TPSA) is 224 Å². The van der Waals surface area contributed by atoms with E-state index in [-0.39, 0.29) is 262 Å². The molecule has 0 amide bonds. The molecule has 0 radical (unpaired) electrons. The third-order valence-corrected chi connectivity index (χ3v) is 7.61. The number of phenolic OH excluding ortho intramolecular Hbond substituents is 2. The monoisotopic (exact) mass is 897 g/mol. The molecule has 0 atom stereocenters. The van der Waals surface area contributed by atoms with Crippen molar-refractivity contribution in [2.24, 2.45) is 0 Å². The van der Waals surface area contributed by atoms with Gasteiger partial charge >= 0.3 is 229 Å². The molecule has 276 valence electrons. The molecule has 0 fully saturated rings. The van der Waals surface area contributed by atoms with E-state index in [1.165, 1.54) is 18.2 Å². The molecule has 1 aliphatic carbocycles. The van der Waals surface area contributed by atoms with Crippen LogP contribution >= 0.6 is 0 Å². The standard InChI is InChI=1S/C35H27F3N2O13.4K/c36-18-2-4-24(40(15-33(47)48)16-34(49)50)30(8-18)52-6-5-51-29-7-17(1-3-23(29)39(13-31(43)44)14-32(45)46)35-19-9-21(37)25(41)11-27(19)53-28-12-26(42)22(38)10-20(28)35;;;;/h1-4,7-12H,5-6,13-16H2,(H5,41,42,43,44,45,46,47,48,49,50);;;;/q;4*+1/p+1. The maximum atomic E-state index is 14.7. The summed E-state index contributed by atoms with van der Waals surface area (Å²) < 4.78 is 61.9. The number of rotatable bonds is 14. The van der Waals surface area contributed by atoms with Crippen LogP contribution in [-0.2, 0) is 23.9 Å². The molecule has 1 aliphatic heterocycles. The van der Waals surface area contributed by atoms with Gasteiger partial charge < -0.3 is 49.7 Å². The molecule has 57 heavy (non-hydrogen) atoms. The van der Waals surface area contributed by atoms with Gasteiger partial charge in [0.2, 0.25) is 18.8 Å². The van der Waals surface area contributed by atoms with Gasteiger partial charge in [0.05, 0.1) is 5.69 Å². The van der Waals surface area contributed by atoms with E-state index < -0.39 is 92.2 Å². The van der Waals surface area contributed by atoms with E-state index in [1.807, 2.05) is 0 Å². The quantitative estimate of drug-likeness (QED) is 0.0394. The van der Waals surface area contributed by atoms with Crippen molar-refractivity contribution >= 4 is 40.8 Å². The van der Waals surface area contributed by atoms with Crippen LogP contribution in [0.2, 0.25) is 0 Å². The number of hydrogen-bond acceptors (Lipinski definition) is 10. The first kappa shape index (κ1) is 54.6. The second-order valence-corrected chi connectivity index (χ2v) is 11.4. The molecule has 0 spiro atoms. The van der Waals surface area contributed by atoms with E-state index >= 15 is 0 Å². The Morgan fingerprint density at radius 2 is 1.19 bits per heavy atom. The number of aromatic hydroxyl groups is 2. The van der Waals surface area contributed by atoms with E-state index in [2.05, 4.69) is 0 Å².